The summed E-state index contributed by atoms with van der Waals surface area (Å²) in [4.78, 5) is 25.1. The van der Waals surface area contributed by atoms with Crippen LogP contribution in [0, 0.1) is 5.92 Å². The van der Waals surface area contributed by atoms with E-state index in [0.717, 1.165) is 0 Å². The van der Waals surface area contributed by atoms with E-state index in [4.69, 9.17) is 10.5 Å². The van der Waals surface area contributed by atoms with Gasteiger partial charge in [-0.15, -0.1) is 0 Å². The van der Waals surface area contributed by atoms with Crippen LogP contribution in [0.1, 0.15) is 6.92 Å². The smallest absolute Gasteiger partial charge is 0.244 e. The second kappa shape index (κ2) is 5.81. The van der Waals surface area contributed by atoms with Crippen LogP contribution in [0.5, 0.6) is 0 Å². The Morgan fingerprint density at radius 2 is 2.31 bits per heavy atom. The lowest BCUT2D eigenvalue weighted by Crippen LogP contribution is -2.57. The first-order chi connectivity index (χ1) is 7.61. The summed E-state index contributed by atoms with van der Waals surface area (Å²) in [5.41, 5.74) is 5.45. The lowest BCUT2D eigenvalue weighted by Gasteiger charge is -2.35. The number of ether oxygens (including phenoxy) is 1. The summed E-state index contributed by atoms with van der Waals surface area (Å²) < 4.78 is 5.21. The van der Waals surface area contributed by atoms with Crippen molar-refractivity contribution in [1.29, 1.82) is 0 Å². The van der Waals surface area contributed by atoms with E-state index in [0.29, 0.717) is 13.2 Å². The molecule has 16 heavy (non-hydrogen) atoms. The molecule has 1 fully saturated rings. The third-order valence-corrected chi connectivity index (χ3v) is 2.74. The van der Waals surface area contributed by atoms with E-state index < -0.39 is 6.04 Å². The number of hydrogen-bond donors (Lipinski definition) is 2. The lowest BCUT2D eigenvalue weighted by molar-refractivity contribution is -0.150. The van der Waals surface area contributed by atoms with E-state index in [1.807, 2.05) is 0 Å². The van der Waals surface area contributed by atoms with Gasteiger partial charge in [-0.2, -0.15) is 0 Å². The molecule has 0 aromatic carbocycles. The molecule has 0 saturated carbocycles. The fraction of sp³-hybridized carbons (Fsp3) is 0.800. The van der Waals surface area contributed by atoms with Gasteiger partial charge < -0.3 is 20.7 Å². The average molecular weight is 229 g/mol. The summed E-state index contributed by atoms with van der Waals surface area (Å²) in [6.45, 7) is 3.22. The van der Waals surface area contributed by atoms with Crippen LogP contribution >= 0.6 is 0 Å². The molecule has 92 valence electrons. The van der Waals surface area contributed by atoms with E-state index >= 15 is 0 Å². The highest BCUT2D eigenvalue weighted by molar-refractivity contribution is 5.88. The molecule has 3 N–H and O–H groups in total. The van der Waals surface area contributed by atoms with E-state index in [1.165, 1.54) is 0 Å². The van der Waals surface area contributed by atoms with Crippen LogP contribution in [0.15, 0.2) is 0 Å². The average Bonchev–Trinajstić information content (AvgIpc) is 2.35. The molecule has 0 aromatic rings. The van der Waals surface area contributed by atoms with Gasteiger partial charge in [0.05, 0.1) is 13.2 Å². The Labute approximate surface area is 95.1 Å². The molecule has 0 spiro atoms. The molecule has 1 rings (SSSR count). The molecule has 1 aliphatic heterocycles. The van der Waals surface area contributed by atoms with Gasteiger partial charge in [-0.1, -0.05) is 6.92 Å². The van der Waals surface area contributed by atoms with Crippen LogP contribution < -0.4 is 11.1 Å². The van der Waals surface area contributed by atoms with Crippen molar-refractivity contribution in [2.75, 3.05) is 33.4 Å². The Kier molecular flexibility index (Phi) is 4.70. The van der Waals surface area contributed by atoms with Gasteiger partial charge in [0.15, 0.2) is 0 Å². The maximum absolute atomic E-state index is 12.0. The molecular weight excluding hydrogens is 210 g/mol. The van der Waals surface area contributed by atoms with Crippen LogP contribution in [0.3, 0.4) is 0 Å². The first kappa shape index (κ1) is 12.9. The molecule has 6 heteroatoms. The van der Waals surface area contributed by atoms with E-state index in [2.05, 4.69) is 5.32 Å². The number of morpholine rings is 1. The van der Waals surface area contributed by atoms with Crippen LogP contribution in [0.2, 0.25) is 0 Å². The summed E-state index contributed by atoms with van der Waals surface area (Å²) in [7, 11) is 1.55. The molecule has 2 amide bonds. The number of hydrogen-bond acceptors (Lipinski definition) is 4. The molecule has 0 radical (unpaired) electrons. The number of carbonyl (C=O) groups is 2. The SMILES string of the molecule is CNC(=O)C1COCCN1C(=O)C(C)CN. The first-order valence-electron chi connectivity index (χ1n) is 5.41. The standard InChI is InChI=1S/C10H19N3O3/c1-7(5-11)10(15)13-3-4-16-6-8(13)9(14)12-2/h7-8H,3-6,11H2,1-2H3,(H,12,14). The number of nitrogens with one attached hydrogen (secondary N) is 1. The molecule has 6 nitrogen and oxygen atoms in total. The van der Waals surface area contributed by atoms with Crippen LogP contribution in [0.4, 0.5) is 0 Å². The van der Waals surface area contributed by atoms with Gasteiger partial charge in [0.2, 0.25) is 11.8 Å². The van der Waals surface area contributed by atoms with Crippen molar-refractivity contribution in [2.24, 2.45) is 11.7 Å². The summed E-state index contributed by atoms with van der Waals surface area (Å²) in [6.07, 6.45) is 0. The van der Waals surface area contributed by atoms with Crippen LogP contribution in [-0.4, -0.2) is 56.1 Å². The molecule has 0 aliphatic carbocycles. The van der Waals surface area contributed by atoms with Crippen LogP contribution in [0.25, 0.3) is 0 Å². The maximum atomic E-state index is 12.0. The lowest BCUT2D eigenvalue weighted by atomic mass is 10.1. The Morgan fingerprint density at radius 3 is 2.88 bits per heavy atom. The topological polar surface area (TPSA) is 84.7 Å². The second-order valence-electron chi connectivity index (χ2n) is 3.87. The summed E-state index contributed by atoms with van der Waals surface area (Å²) in [6, 6.07) is -0.528. The second-order valence-corrected chi connectivity index (χ2v) is 3.87. The predicted molar refractivity (Wildman–Crippen MR) is 58.6 cm³/mol. The Balaban J connectivity index is 2.73. The summed E-state index contributed by atoms with van der Waals surface area (Å²) in [5.74, 6) is -0.540. The van der Waals surface area contributed by atoms with Crippen molar-refractivity contribution >= 4 is 11.8 Å². The summed E-state index contributed by atoms with van der Waals surface area (Å²) in [5, 5.41) is 2.53. The zero-order valence-electron chi connectivity index (χ0n) is 9.73. The van der Waals surface area contributed by atoms with Gasteiger partial charge in [-0.25, -0.2) is 0 Å². The molecular formula is C10H19N3O3. The van der Waals surface area contributed by atoms with Crippen molar-refractivity contribution in [3.8, 4) is 0 Å². The first-order valence-corrected chi connectivity index (χ1v) is 5.41. The molecule has 1 saturated heterocycles. The maximum Gasteiger partial charge on any atom is 0.244 e. The van der Waals surface area contributed by atoms with Gasteiger partial charge in [0, 0.05) is 26.1 Å². The zero-order valence-corrected chi connectivity index (χ0v) is 9.73. The van der Waals surface area contributed by atoms with Crippen LogP contribution in [-0.2, 0) is 14.3 Å². The Hall–Kier alpha value is -1.14. The number of likely N-dealkylation sites (N-methyl/N-ethyl adjacent to an activating group) is 1. The minimum Gasteiger partial charge on any atom is -0.377 e. The number of amides is 2. The van der Waals surface area contributed by atoms with Crippen molar-refractivity contribution < 1.29 is 14.3 Å². The minimum atomic E-state index is -0.528. The third-order valence-electron chi connectivity index (χ3n) is 2.74. The Morgan fingerprint density at radius 1 is 1.62 bits per heavy atom. The Bertz CT molecular complexity index is 270. The quantitative estimate of drug-likeness (QED) is 0.620. The van der Waals surface area contributed by atoms with Gasteiger partial charge in [0.1, 0.15) is 6.04 Å². The van der Waals surface area contributed by atoms with E-state index in [1.54, 1.807) is 18.9 Å². The van der Waals surface area contributed by atoms with Gasteiger partial charge in [-0.3, -0.25) is 9.59 Å². The fourth-order valence-electron chi connectivity index (χ4n) is 1.64. The molecule has 2 atom stereocenters. The highest BCUT2D eigenvalue weighted by Crippen LogP contribution is 2.11. The summed E-state index contributed by atoms with van der Waals surface area (Å²) >= 11 is 0. The van der Waals surface area contributed by atoms with E-state index in [9.17, 15) is 9.59 Å². The molecule has 1 aliphatic rings. The van der Waals surface area contributed by atoms with Crippen molar-refractivity contribution in [3.05, 3.63) is 0 Å². The largest absolute Gasteiger partial charge is 0.377 e. The number of nitrogens with two attached hydrogens (primary N) is 1. The number of carbonyl (C=O) groups excluding carboxylic acids is 2. The van der Waals surface area contributed by atoms with Crippen molar-refractivity contribution in [1.82, 2.24) is 10.2 Å². The van der Waals surface area contributed by atoms with Crippen molar-refractivity contribution in [3.63, 3.8) is 0 Å². The zero-order chi connectivity index (χ0) is 12.1. The molecule has 1 heterocycles. The van der Waals surface area contributed by atoms with E-state index in [-0.39, 0.29) is 30.9 Å². The van der Waals surface area contributed by atoms with Gasteiger partial charge in [0.25, 0.3) is 0 Å². The molecule has 0 aromatic heterocycles. The molecule has 2 unspecified atom stereocenters. The normalized spacial score (nSPS) is 22.7. The van der Waals surface area contributed by atoms with Crippen molar-refractivity contribution in [2.45, 2.75) is 13.0 Å². The fourth-order valence-corrected chi connectivity index (χ4v) is 1.64. The highest BCUT2D eigenvalue weighted by Gasteiger charge is 2.33. The van der Waals surface area contributed by atoms with Gasteiger partial charge in [-0.05, 0) is 0 Å². The minimum absolute atomic E-state index is 0.0839. The molecule has 0 bridgehead atoms. The van der Waals surface area contributed by atoms with Gasteiger partial charge >= 0.3 is 0 Å². The predicted octanol–water partition coefficient (Wildman–Crippen LogP) is -1.45. The number of rotatable bonds is 3. The monoisotopic (exact) mass is 229 g/mol. The number of nitrogens with zero attached hydrogens (tertiary/aromatic N) is 1. The third kappa shape index (κ3) is 2.70. The highest BCUT2D eigenvalue weighted by atomic mass is 16.5.